The van der Waals surface area contributed by atoms with Crippen LogP contribution in [0.3, 0.4) is 0 Å². The Labute approximate surface area is 98.0 Å². The summed E-state index contributed by atoms with van der Waals surface area (Å²) in [7, 11) is -2.76. The van der Waals surface area contributed by atoms with Gasteiger partial charge in [-0.15, -0.1) is 0 Å². The van der Waals surface area contributed by atoms with Gasteiger partial charge in [-0.1, -0.05) is 0 Å². The Morgan fingerprint density at radius 3 is 2.69 bits per heavy atom. The van der Waals surface area contributed by atoms with Crippen LogP contribution in [0.15, 0.2) is 0 Å². The Balaban J connectivity index is 2.16. The maximum Gasteiger partial charge on any atom is 0.150 e. The molecule has 5 heteroatoms. The van der Waals surface area contributed by atoms with Crippen molar-refractivity contribution < 1.29 is 8.42 Å². The number of hydrogen-bond donors (Lipinski definition) is 1. The van der Waals surface area contributed by atoms with Crippen LogP contribution >= 0.6 is 0 Å². The van der Waals surface area contributed by atoms with Crippen LogP contribution in [0.25, 0.3) is 0 Å². The van der Waals surface area contributed by atoms with Gasteiger partial charge in [0.15, 0.2) is 9.84 Å². The van der Waals surface area contributed by atoms with Gasteiger partial charge >= 0.3 is 0 Å². The van der Waals surface area contributed by atoms with Crippen molar-refractivity contribution in [3.05, 3.63) is 0 Å². The molecule has 1 aliphatic rings. The summed E-state index contributed by atoms with van der Waals surface area (Å²) in [5.41, 5.74) is -0.297. The first-order valence-corrected chi connectivity index (χ1v) is 7.49. The normalized spacial score (nSPS) is 24.2. The van der Waals surface area contributed by atoms with E-state index < -0.39 is 9.84 Å². The SMILES string of the molecule is CC(C)(C#N)CCNCC1CCS(=O)(=O)C1. The number of nitrogens with one attached hydrogen (secondary N) is 1. The van der Waals surface area contributed by atoms with Gasteiger partial charge in [0, 0.05) is 0 Å². The summed E-state index contributed by atoms with van der Waals surface area (Å²) in [5.74, 6) is 0.917. The van der Waals surface area contributed by atoms with Gasteiger partial charge in [-0.25, -0.2) is 8.42 Å². The molecule has 1 atom stereocenters. The zero-order valence-electron chi connectivity index (χ0n) is 9.99. The van der Waals surface area contributed by atoms with Crippen LogP contribution in [0, 0.1) is 22.7 Å². The average Bonchev–Trinajstić information content (AvgIpc) is 2.53. The van der Waals surface area contributed by atoms with E-state index in [-0.39, 0.29) is 11.3 Å². The van der Waals surface area contributed by atoms with Gasteiger partial charge < -0.3 is 5.32 Å². The molecular formula is C11H20N2O2S. The highest BCUT2D eigenvalue weighted by Gasteiger charge is 2.27. The Kier molecular flexibility index (Phi) is 4.34. The smallest absolute Gasteiger partial charge is 0.150 e. The molecule has 16 heavy (non-hydrogen) atoms. The lowest BCUT2D eigenvalue weighted by molar-refractivity contribution is 0.417. The molecule has 1 heterocycles. The topological polar surface area (TPSA) is 70.0 Å². The number of nitriles is 1. The van der Waals surface area contributed by atoms with E-state index in [1.807, 2.05) is 13.8 Å². The molecule has 1 saturated heterocycles. The van der Waals surface area contributed by atoms with Crippen molar-refractivity contribution in [2.45, 2.75) is 26.7 Å². The van der Waals surface area contributed by atoms with Crippen molar-refractivity contribution in [2.75, 3.05) is 24.6 Å². The summed E-state index contributed by atoms with van der Waals surface area (Å²) in [6.07, 6.45) is 1.57. The molecule has 1 unspecified atom stereocenters. The molecule has 1 N–H and O–H groups in total. The van der Waals surface area contributed by atoms with Crippen LogP contribution in [0.2, 0.25) is 0 Å². The highest BCUT2D eigenvalue weighted by Crippen LogP contribution is 2.19. The van der Waals surface area contributed by atoms with Gasteiger partial charge in [-0.2, -0.15) is 5.26 Å². The summed E-state index contributed by atoms with van der Waals surface area (Å²) < 4.78 is 22.4. The molecule has 1 rings (SSSR count). The molecule has 92 valence electrons. The van der Waals surface area contributed by atoms with E-state index in [1.54, 1.807) is 0 Å². The lowest BCUT2D eigenvalue weighted by Gasteiger charge is -2.16. The minimum Gasteiger partial charge on any atom is -0.316 e. The Morgan fingerprint density at radius 1 is 1.50 bits per heavy atom. The van der Waals surface area contributed by atoms with Crippen molar-refractivity contribution in [1.82, 2.24) is 5.32 Å². The standard InChI is InChI=1S/C11H20N2O2S/c1-11(2,9-12)4-5-13-7-10-3-6-16(14,15)8-10/h10,13H,3-8H2,1-2H3. The van der Waals surface area contributed by atoms with Crippen molar-refractivity contribution in [2.24, 2.45) is 11.3 Å². The molecule has 1 fully saturated rings. The summed E-state index contributed by atoms with van der Waals surface area (Å²) in [6.45, 7) is 5.35. The van der Waals surface area contributed by atoms with Gasteiger partial charge in [0.2, 0.25) is 0 Å². The average molecular weight is 244 g/mol. The van der Waals surface area contributed by atoms with Crippen LogP contribution < -0.4 is 5.32 Å². The third-order valence-corrected chi connectivity index (χ3v) is 4.83. The maximum atomic E-state index is 11.2. The van der Waals surface area contributed by atoms with Crippen LogP contribution in [-0.4, -0.2) is 33.0 Å². The minimum atomic E-state index is -2.76. The maximum absolute atomic E-state index is 11.2. The Morgan fingerprint density at radius 2 is 2.19 bits per heavy atom. The second kappa shape index (κ2) is 5.15. The van der Waals surface area contributed by atoms with Crippen molar-refractivity contribution in [1.29, 1.82) is 5.26 Å². The van der Waals surface area contributed by atoms with Crippen molar-refractivity contribution in [3.8, 4) is 6.07 Å². The molecule has 0 amide bonds. The predicted octanol–water partition coefficient (Wildman–Crippen LogP) is 0.951. The third-order valence-electron chi connectivity index (χ3n) is 2.99. The fraction of sp³-hybridized carbons (Fsp3) is 0.909. The second-order valence-corrected chi connectivity index (χ2v) is 7.45. The van der Waals surface area contributed by atoms with E-state index in [9.17, 15) is 8.42 Å². The van der Waals surface area contributed by atoms with Crippen molar-refractivity contribution >= 4 is 9.84 Å². The lowest BCUT2D eigenvalue weighted by Crippen LogP contribution is -2.27. The predicted molar refractivity (Wildman–Crippen MR) is 63.6 cm³/mol. The Bertz CT molecular complexity index is 368. The van der Waals surface area contributed by atoms with Gasteiger partial charge in [-0.05, 0) is 45.7 Å². The van der Waals surface area contributed by atoms with Crippen LogP contribution in [0.4, 0.5) is 0 Å². The first-order chi connectivity index (χ1) is 7.35. The first-order valence-electron chi connectivity index (χ1n) is 5.67. The zero-order chi connectivity index (χ0) is 12.2. The van der Waals surface area contributed by atoms with Gasteiger partial charge in [0.05, 0.1) is 23.0 Å². The summed E-state index contributed by atoms with van der Waals surface area (Å²) in [4.78, 5) is 0. The summed E-state index contributed by atoms with van der Waals surface area (Å²) in [6, 6.07) is 2.25. The molecule has 0 saturated carbocycles. The molecular weight excluding hydrogens is 224 g/mol. The van der Waals surface area contributed by atoms with Gasteiger partial charge in [0.25, 0.3) is 0 Å². The van der Waals surface area contributed by atoms with E-state index in [2.05, 4.69) is 11.4 Å². The highest BCUT2D eigenvalue weighted by atomic mass is 32.2. The summed E-state index contributed by atoms with van der Waals surface area (Å²) in [5, 5.41) is 12.1. The van der Waals surface area contributed by atoms with E-state index in [4.69, 9.17) is 5.26 Å². The quantitative estimate of drug-likeness (QED) is 0.731. The molecule has 0 bridgehead atoms. The molecule has 0 aliphatic carbocycles. The molecule has 0 radical (unpaired) electrons. The van der Waals surface area contributed by atoms with E-state index >= 15 is 0 Å². The number of nitrogens with zero attached hydrogens (tertiary/aromatic N) is 1. The van der Waals surface area contributed by atoms with Crippen LogP contribution in [0.5, 0.6) is 0 Å². The zero-order valence-corrected chi connectivity index (χ0v) is 10.8. The first kappa shape index (κ1) is 13.5. The summed E-state index contributed by atoms with van der Waals surface area (Å²) >= 11 is 0. The molecule has 0 aromatic heterocycles. The van der Waals surface area contributed by atoms with E-state index in [1.165, 1.54) is 0 Å². The highest BCUT2D eigenvalue weighted by molar-refractivity contribution is 7.91. The van der Waals surface area contributed by atoms with Gasteiger partial charge in [0.1, 0.15) is 0 Å². The van der Waals surface area contributed by atoms with E-state index in [0.717, 1.165) is 25.9 Å². The monoisotopic (exact) mass is 244 g/mol. The molecule has 0 aromatic rings. The molecule has 1 aliphatic heterocycles. The number of sulfone groups is 1. The second-order valence-electron chi connectivity index (χ2n) is 5.22. The van der Waals surface area contributed by atoms with Crippen LogP contribution in [0.1, 0.15) is 26.7 Å². The third kappa shape index (κ3) is 4.50. The Hall–Kier alpha value is -0.600. The number of hydrogen-bond acceptors (Lipinski definition) is 4. The van der Waals surface area contributed by atoms with E-state index in [0.29, 0.717) is 11.5 Å². The fourth-order valence-corrected chi connectivity index (χ4v) is 3.66. The number of rotatable bonds is 5. The van der Waals surface area contributed by atoms with Gasteiger partial charge in [-0.3, -0.25) is 0 Å². The molecule has 0 aromatic carbocycles. The fourth-order valence-electron chi connectivity index (χ4n) is 1.80. The van der Waals surface area contributed by atoms with Crippen LogP contribution in [-0.2, 0) is 9.84 Å². The molecule has 0 spiro atoms. The lowest BCUT2D eigenvalue weighted by atomic mass is 9.91. The minimum absolute atomic E-state index is 0.259. The van der Waals surface area contributed by atoms with Crippen molar-refractivity contribution in [3.63, 3.8) is 0 Å². The largest absolute Gasteiger partial charge is 0.316 e. The molecule has 4 nitrogen and oxygen atoms in total.